The molecule has 1 atom stereocenters. The van der Waals surface area contributed by atoms with Crippen LogP contribution in [0, 0.1) is 5.92 Å². The number of ether oxygens (including phenoxy) is 2. The van der Waals surface area contributed by atoms with Gasteiger partial charge in [0.2, 0.25) is 0 Å². The molecule has 0 radical (unpaired) electrons. The first-order valence-corrected chi connectivity index (χ1v) is 7.09. The molecular weight excluding hydrogens is 294 g/mol. The van der Waals surface area contributed by atoms with Crippen molar-refractivity contribution in [1.82, 2.24) is 0 Å². The van der Waals surface area contributed by atoms with E-state index in [0.29, 0.717) is 12.5 Å². The summed E-state index contributed by atoms with van der Waals surface area (Å²) in [6, 6.07) is 6.14. The third-order valence-corrected chi connectivity index (χ3v) is 4.47. The molecule has 0 bridgehead atoms. The van der Waals surface area contributed by atoms with Gasteiger partial charge in [0.1, 0.15) is 5.75 Å². The average Bonchev–Trinajstić information content (AvgIpc) is 2.33. The Morgan fingerprint density at radius 3 is 2.67 bits per heavy atom. The normalized spacial score (nSPS) is 19.1. The van der Waals surface area contributed by atoms with Crippen LogP contribution in [0.2, 0.25) is 0 Å². The Morgan fingerprint density at radius 2 is 2.22 bits per heavy atom. The molecular formula is C14H20BrNO2. The minimum atomic E-state index is 0.0125. The number of benzene rings is 1. The molecule has 3 nitrogen and oxygen atoms in total. The highest BCUT2D eigenvalue weighted by atomic mass is 79.9. The number of hydrogen-bond donors (Lipinski definition) is 1. The van der Waals surface area contributed by atoms with Crippen molar-refractivity contribution in [1.29, 1.82) is 0 Å². The standard InChI is InChI=1S/C14H20BrNO2/c1-3-10(7-16)14(8-18-9-14)12-6-11(15)4-5-13(12)17-2/h4-6,10H,3,7-9,16H2,1-2H3. The molecule has 1 aromatic carbocycles. The highest BCUT2D eigenvalue weighted by Gasteiger charge is 2.47. The Morgan fingerprint density at radius 1 is 1.50 bits per heavy atom. The van der Waals surface area contributed by atoms with Gasteiger partial charge in [-0.3, -0.25) is 0 Å². The Balaban J connectivity index is 2.46. The van der Waals surface area contributed by atoms with E-state index in [-0.39, 0.29) is 5.41 Å². The number of methoxy groups -OCH3 is 1. The molecule has 0 amide bonds. The Bertz CT molecular complexity index is 414. The minimum Gasteiger partial charge on any atom is -0.496 e. The lowest BCUT2D eigenvalue weighted by atomic mass is 9.67. The van der Waals surface area contributed by atoms with Gasteiger partial charge in [-0.05, 0) is 30.7 Å². The molecule has 0 aliphatic carbocycles. The van der Waals surface area contributed by atoms with Gasteiger partial charge in [0.15, 0.2) is 0 Å². The smallest absolute Gasteiger partial charge is 0.122 e. The van der Waals surface area contributed by atoms with Gasteiger partial charge < -0.3 is 15.2 Å². The molecule has 0 spiro atoms. The predicted molar refractivity (Wildman–Crippen MR) is 76.0 cm³/mol. The molecule has 0 aromatic heterocycles. The van der Waals surface area contributed by atoms with Crippen LogP contribution in [0.3, 0.4) is 0 Å². The summed E-state index contributed by atoms with van der Waals surface area (Å²) in [5, 5.41) is 0. The minimum absolute atomic E-state index is 0.0125. The van der Waals surface area contributed by atoms with Crippen LogP contribution in [0.25, 0.3) is 0 Å². The first-order chi connectivity index (χ1) is 8.67. The Labute approximate surface area is 117 Å². The van der Waals surface area contributed by atoms with Gasteiger partial charge in [-0.25, -0.2) is 0 Å². The molecule has 1 aliphatic rings. The van der Waals surface area contributed by atoms with Crippen LogP contribution < -0.4 is 10.5 Å². The van der Waals surface area contributed by atoms with Crippen LogP contribution >= 0.6 is 15.9 Å². The highest BCUT2D eigenvalue weighted by molar-refractivity contribution is 9.10. The first kappa shape index (κ1) is 13.8. The summed E-state index contributed by atoms with van der Waals surface area (Å²) in [7, 11) is 1.71. The van der Waals surface area contributed by atoms with E-state index in [9.17, 15) is 0 Å². The fourth-order valence-electron chi connectivity index (χ4n) is 2.79. The van der Waals surface area contributed by atoms with Crippen LogP contribution in [0.5, 0.6) is 5.75 Å². The van der Waals surface area contributed by atoms with Crippen LogP contribution in [-0.2, 0) is 10.2 Å². The second-order valence-corrected chi connectivity index (χ2v) is 5.75. The van der Waals surface area contributed by atoms with Gasteiger partial charge in [0.05, 0.1) is 20.3 Å². The van der Waals surface area contributed by atoms with E-state index in [1.54, 1.807) is 7.11 Å². The summed E-state index contributed by atoms with van der Waals surface area (Å²) in [6.07, 6.45) is 1.05. The van der Waals surface area contributed by atoms with E-state index in [1.165, 1.54) is 5.56 Å². The second-order valence-electron chi connectivity index (χ2n) is 4.83. The summed E-state index contributed by atoms with van der Waals surface area (Å²) in [6.45, 7) is 4.32. The predicted octanol–water partition coefficient (Wildman–Crippen LogP) is 2.71. The van der Waals surface area contributed by atoms with Gasteiger partial charge in [-0.2, -0.15) is 0 Å². The van der Waals surface area contributed by atoms with Gasteiger partial charge in [0.25, 0.3) is 0 Å². The SMILES string of the molecule is CCC(CN)C1(c2cc(Br)ccc2OC)COC1. The van der Waals surface area contributed by atoms with Gasteiger partial charge in [-0.15, -0.1) is 0 Å². The summed E-state index contributed by atoms with van der Waals surface area (Å²) in [4.78, 5) is 0. The third-order valence-electron chi connectivity index (χ3n) is 3.98. The van der Waals surface area contributed by atoms with E-state index < -0.39 is 0 Å². The van der Waals surface area contributed by atoms with Crippen molar-refractivity contribution in [3.63, 3.8) is 0 Å². The zero-order chi connectivity index (χ0) is 13.2. The maximum atomic E-state index is 5.94. The lowest BCUT2D eigenvalue weighted by molar-refractivity contribution is -0.0906. The summed E-state index contributed by atoms with van der Waals surface area (Å²) >= 11 is 3.54. The number of hydrogen-bond acceptors (Lipinski definition) is 3. The van der Waals surface area contributed by atoms with E-state index >= 15 is 0 Å². The third kappa shape index (κ3) is 2.17. The molecule has 4 heteroatoms. The van der Waals surface area contributed by atoms with E-state index in [0.717, 1.165) is 29.9 Å². The Kier molecular flexibility index (Phi) is 4.30. The number of rotatable bonds is 5. The lowest BCUT2D eigenvalue weighted by Gasteiger charge is -2.47. The highest BCUT2D eigenvalue weighted by Crippen LogP contribution is 2.45. The monoisotopic (exact) mass is 313 g/mol. The number of nitrogens with two attached hydrogens (primary N) is 1. The van der Waals surface area contributed by atoms with Gasteiger partial charge >= 0.3 is 0 Å². The van der Waals surface area contributed by atoms with E-state index in [1.807, 2.05) is 12.1 Å². The van der Waals surface area contributed by atoms with Crippen LogP contribution in [0.1, 0.15) is 18.9 Å². The fourth-order valence-corrected chi connectivity index (χ4v) is 3.15. The van der Waals surface area contributed by atoms with Gasteiger partial charge in [-0.1, -0.05) is 29.3 Å². The molecule has 1 aromatic rings. The van der Waals surface area contributed by atoms with Crippen molar-refractivity contribution in [2.45, 2.75) is 18.8 Å². The van der Waals surface area contributed by atoms with E-state index in [4.69, 9.17) is 15.2 Å². The average molecular weight is 314 g/mol. The topological polar surface area (TPSA) is 44.5 Å². The quantitative estimate of drug-likeness (QED) is 0.909. The summed E-state index contributed by atoms with van der Waals surface area (Å²) < 4.78 is 12.1. The lowest BCUT2D eigenvalue weighted by Crippen LogP contribution is -2.54. The van der Waals surface area contributed by atoms with Crippen LogP contribution in [-0.4, -0.2) is 26.9 Å². The Hall–Kier alpha value is -0.580. The first-order valence-electron chi connectivity index (χ1n) is 6.29. The summed E-state index contributed by atoms with van der Waals surface area (Å²) in [5.74, 6) is 1.35. The molecule has 2 N–H and O–H groups in total. The van der Waals surface area contributed by atoms with Crippen molar-refractivity contribution >= 4 is 15.9 Å². The zero-order valence-corrected chi connectivity index (χ0v) is 12.5. The molecule has 18 heavy (non-hydrogen) atoms. The summed E-state index contributed by atoms with van der Waals surface area (Å²) in [5.41, 5.74) is 7.16. The second kappa shape index (κ2) is 5.59. The maximum Gasteiger partial charge on any atom is 0.122 e. The van der Waals surface area contributed by atoms with Crippen LogP contribution in [0.4, 0.5) is 0 Å². The molecule has 1 fully saturated rings. The van der Waals surface area contributed by atoms with Crippen molar-refractivity contribution in [3.05, 3.63) is 28.2 Å². The van der Waals surface area contributed by atoms with E-state index in [2.05, 4.69) is 28.9 Å². The van der Waals surface area contributed by atoms with Crippen LogP contribution in [0.15, 0.2) is 22.7 Å². The number of halogens is 1. The van der Waals surface area contributed by atoms with Crippen molar-refractivity contribution in [3.8, 4) is 5.75 Å². The van der Waals surface area contributed by atoms with Crippen molar-refractivity contribution in [2.75, 3.05) is 26.9 Å². The molecule has 1 unspecified atom stereocenters. The fraction of sp³-hybridized carbons (Fsp3) is 0.571. The maximum absolute atomic E-state index is 5.94. The van der Waals surface area contributed by atoms with Crippen molar-refractivity contribution < 1.29 is 9.47 Å². The van der Waals surface area contributed by atoms with Crippen molar-refractivity contribution in [2.24, 2.45) is 11.7 Å². The largest absolute Gasteiger partial charge is 0.496 e. The molecule has 2 rings (SSSR count). The molecule has 1 heterocycles. The zero-order valence-electron chi connectivity index (χ0n) is 10.9. The molecule has 0 saturated carbocycles. The molecule has 1 saturated heterocycles. The van der Waals surface area contributed by atoms with Gasteiger partial charge in [0, 0.05) is 15.5 Å². The molecule has 1 aliphatic heterocycles. The molecule has 100 valence electrons.